The summed E-state index contributed by atoms with van der Waals surface area (Å²) in [6.07, 6.45) is 9.58. The molecule has 4 fully saturated rings. The van der Waals surface area contributed by atoms with E-state index in [0.29, 0.717) is 52.1 Å². The highest BCUT2D eigenvalue weighted by Gasteiger charge is 2.52. The third kappa shape index (κ3) is 11.2. The average molecular weight is 651 g/mol. The molecule has 0 N–H and O–H groups in total. The second-order valence-electron chi connectivity index (χ2n) is 12.4. The van der Waals surface area contributed by atoms with Gasteiger partial charge >= 0.3 is 23.9 Å². The number of ether oxygens (including phenoxy) is 8. The second-order valence-corrected chi connectivity index (χ2v) is 12.4. The molecule has 2 saturated heterocycles. The van der Waals surface area contributed by atoms with Crippen LogP contribution in [0.1, 0.15) is 77.0 Å². The zero-order chi connectivity index (χ0) is 32.7. The van der Waals surface area contributed by atoms with Gasteiger partial charge in [-0.05, 0) is 77.0 Å². The minimum Gasteiger partial charge on any atom is -0.463 e. The van der Waals surface area contributed by atoms with E-state index in [1.165, 1.54) is 0 Å². The number of unbranched alkanes of at least 4 members (excludes halogenated alkanes) is 2. The monoisotopic (exact) mass is 650 g/mol. The van der Waals surface area contributed by atoms with Crippen molar-refractivity contribution in [1.29, 1.82) is 0 Å². The highest BCUT2D eigenvalue weighted by molar-refractivity contribution is 5.81. The van der Waals surface area contributed by atoms with Crippen LogP contribution in [0.15, 0.2) is 25.3 Å². The molecule has 0 aromatic heterocycles. The van der Waals surface area contributed by atoms with Crippen LogP contribution < -0.4 is 0 Å². The fraction of sp³-hybridized carbons (Fsp3) is 0.765. The van der Waals surface area contributed by atoms with Crippen molar-refractivity contribution >= 4 is 23.9 Å². The van der Waals surface area contributed by atoms with E-state index in [4.69, 9.17) is 37.9 Å². The first-order chi connectivity index (χ1) is 22.4. The van der Waals surface area contributed by atoms with Gasteiger partial charge in [0, 0.05) is 25.4 Å². The van der Waals surface area contributed by atoms with Gasteiger partial charge in [0.25, 0.3) is 0 Å². The Morgan fingerprint density at radius 1 is 0.565 bits per heavy atom. The molecule has 0 spiro atoms. The predicted octanol–water partition coefficient (Wildman–Crippen LogP) is 3.78. The van der Waals surface area contributed by atoms with Gasteiger partial charge in [0.2, 0.25) is 0 Å². The molecule has 2 heterocycles. The van der Waals surface area contributed by atoms with E-state index in [0.717, 1.165) is 63.5 Å². The van der Waals surface area contributed by atoms with Gasteiger partial charge in [0.15, 0.2) is 12.2 Å². The Labute approximate surface area is 271 Å². The Hall–Kier alpha value is -2.80. The summed E-state index contributed by atoms with van der Waals surface area (Å²) in [7, 11) is 0. The molecule has 2 aliphatic carbocycles. The van der Waals surface area contributed by atoms with E-state index < -0.39 is 36.4 Å². The fourth-order valence-corrected chi connectivity index (χ4v) is 6.42. The van der Waals surface area contributed by atoms with E-state index in [-0.39, 0.29) is 49.2 Å². The second kappa shape index (κ2) is 19.1. The molecule has 0 aromatic rings. The van der Waals surface area contributed by atoms with Crippen LogP contribution in [0.3, 0.4) is 0 Å². The first-order valence-electron chi connectivity index (χ1n) is 16.8. The maximum absolute atomic E-state index is 13.0. The smallest absolute Gasteiger partial charge is 0.330 e. The van der Waals surface area contributed by atoms with Crippen LogP contribution in [0.5, 0.6) is 0 Å². The highest BCUT2D eigenvalue weighted by atomic mass is 16.7. The molecule has 2 aliphatic heterocycles. The molecule has 258 valence electrons. The molecule has 2 saturated carbocycles. The van der Waals surface area contributed by atoms with Crippen molar-refractivity contribution in [2.75, 3.05) is 39.6 Å². The zero-order valence-corrected chi connectivity index (χ0v) is 26.8. The van der Waals surface area contributed by atoms with E-state index in [2.05, 4.69) is 13.2 Å². The number of hydrogen-bond donors (Lipinski definition) is 0. The molecule has 4 rings (SSSR count). The maximum atomic E-state index is 13.0. The first-order valence-corrected chi connectivity index (χ1v) is 16.8. The van der Waals surface area contributed by atoms with Crippen LogP contribution >= 0.6 is 0 Å². The van der Waals surface area contributed by atoms with Gasteiger partial charge < -0.3 is 37.9 Å². The molecular formula is C34H50O12. The average Bonchev–Trinajstić information content (AvgIpc) is 3.67. The number of carbonyl (C=O) groups excluding carboxylic acids is 4. The zero-order valence-electron chi connectivity index (χ0n) is 26.8. The van der Waals surface area contributed by atoms with Crippen molar-refractivity contribution in [3.63, 3.8) is 0 Å². The van der Waals surface area contributed by atoms with Crippen molar-refractivity contribution in [3.05, 3.63) is 25.3 Å². The fourth-order valence-electron chi connectivity index (χ4n) is 6.42. The lowest BCUT2D eigenvalue weighted by Crippen LogP contribution is -2.38. The van der Waals surface area contributed by atoms with Crippen LogP contribution in [-0.2, 0) is 57.1 Å². The summed E-state index contributed by atoms with van der Waals surface area (Å²) in [4.78, 5) is 48.0. The van der Waals surface area contributed by atoms with Crippen molar-refractivity contribution in [1.82, 2.24) is 0 Å². The molecule has 0 bridgehead atoms. The topological polar surface area (TPSA) is 142 Å². The summed E-state index contributed by atoms with van der Waals surface area (Å²) in [6, 6.07) is 0. The van der Waals surface area contributed by atoms with E-state index >= 15 is 0 Å². The van der Waals surface area contributed by atoms with E-state index in [1.807, 2.05) is 0 Å². The van der Waals surface area contributed by atoms with Crippen LogP contribution in [0, 0.1) is 11.8 Å². The number of rotatable bonds is 18. The quantitative estimate of drug-likeness (QED) is 0.0922. The molecule has 0 radical (unpaired) electrons. The minimum atomic E-state index is -0.521. The summed E-state index contributed by atoms with van der Waals surface area (Å²) < 4.78 is 45.3. The third-order valence-corrected chi connectivity index (χ3v) is 9.12. The van der Waals surface area contributed by atoms with Crippen LogP contribution in [0.25, 0.3) is 0 Å². The SMILES string of the molecule is C=CC(=O)OCCCCOC1CCC(C(=O)OC2COC3C2OC[C@@H]3OC(=O)C2CCC(OCCCCOC(=O)C=C)CC2)CC1. The highest BCUT2D eigenvalue weighted by Crippen LogP contribution is 2.35. The molecule has 12 heteroatoms. The molecule has 46 heavy (non-hydrogen) atoms. The molecule has 0 aromatic carbocycles. The van der Waals surface area contributed by atoms with Crippen molar-refractivity contribution < 1.29 is 57.1 Å². The van der Waals surface area contributed by atoms with Gasteiger partial charge in [0.05, 0.1) is 50.5 Å². The molecule has 4 atom stereocenters. The summed E-state index contributed by atoms with van der Waals surface area (Å²) in [5.74, 6) is -1.68. The van der Waals surface area contributed by atoms with E-state index in [9.17, 15) is 19.2 Å². The maximum Gasteiger partial charge on any atom is 0.330 e. The Morgan fingerprint density at radius 2 is 0.935 bits per heavy atom. The predicted molar refractivity (Wildman–Crippen MR) is 163 cm³/mol. The standard InChI is InChI=1S/C34H50O12/c1-3-29(35)41-19-7-5-17-39-25-13-9-23(10-14-25)33(37)45-27-21-43-32-28(22-44-31(27)32)46-34(38)24-11-15-26(16-12-24)40-18-6-8-20-42-30(36)4-2/h3-4,23-28,31-32H,1-2,5-22H2/t23?,24?,25?,26?,27-,28?,31?,32?/m0/s1. The van der Waals surface area contributed by atoms with Crippen LogP contribution in [0.4, 0.5) is 0 Å². The largest absolute Gasteiger partial charge is 0.463 e. The van der Waals surface area contributed by atoms with Gasteiger partial charge in [0.1, 0.15) is 12.2 Å². The molecule has 4 aliphatic rings. The van der Waals surface area contributed by atoms with Gasteiger partial charge in [-0.2, -0.15) is 0 Å². The number of hydrogen-bond acceptors (Lipinski definition) is 12. The Morgan fingerprint density at radius 3 is 1.30 bits per heavy atom. The summed E-state index contributed by atoms with van der Waals surface area (Å²) in [5, 5.41) is 0. The lowest BCUT2D eigenvalue weighted by atomic mass is 9.87. The molecule has 3 unspecified atom stereocenters. The molecular weight excluding hydrogens is 600 g/mol. The summed E-state index contributed by atoms with van der Waals surface area (Å²) in [6.45, 7) is 9.06. The minimum absolute atomic E-state index is 0.113. The lowest BCUT2D eigenvalue weighted by Gasteiger charge is -2.28. The summed E-state index contributed by atoms with van der Waals surface area (Å²) in [5.41, 5.74) is 0. The normalized spacial score (nSPS) is 30.5. The number of esters is 4. The summed E-state index contributed by atoms with van der Waals surface area (Å²) >= 11 is 0. The van der Waals surface area contributed by atoms with Gasteiger partial charge in [-0.15, -0.1) is 0 Å². The van der Waals surface area contributed by atoms with Gasteiger partial charge in [-0.25, -0.2) is 9.59 Å². The van der Waals surface area contributed by atoms with Gasteiger partial charge in [-0.1, -0.05) is 13.2 Å². The number of fused-ring (bicyclic) bond motifs is 1. The van der Waals surface area contributed by atoms with Crippen molar-refractivity contribution in [2.45, 2.75) is 114 Å². The van der Waals surface area contributed by atoms with Crippen LogP contribution in [-0.4, -0.2) is 100 Å². The van der Waals surface area contributed by atoms with Crippen molar-refractivity contribution in [3.8, 4) is 0 Å². The Balaban J connectivity index is 1.06. The Kier molecular flexibility index (Phi) is 15.0. The van der Waals surface area contributed by atoms with E-state index in [1.54, 1.807) is 0 Å². The van der Waals surface area contributed by atoms with Crippen molar-refractivity contribution in [2.24, 2.45) is 11.8 Å². The number of carbonyl (C=O) groups is 4. The first kappa shape index (κ1) is 36.0. The Bertz CT molecular complexity index is 934. The lowest BCUT2D eigenvalue weighted by molar-refractivity contribution is -0.162. The molecule has 12 nitrogen and oxygen atoms in total. The van der Waals surface area contributed by atoms with Gasteiger partial charge in [-0.3, -0.25) is 9.59 Å². The van der Waals surface area contributed by atoms with Crippen LogP contribution in [0.2, 0.25) is 0 Å². The molecule has 0 amide bonds. The third-order valence-electron chi connectivity index (χ3n) is 9.12.